The van der Waals surface area contributed by atoms with E-state index in [1.165, 1.54) is 16.7 Å². The van der Waals surface area contributed by atoms with Gasteiger partial charge in [-0.1, -0.05) is 184 Å². The van der Waals surface area contributed by atoms with Gasteiger partial charge in [-0.15, -0.1) is 0 Å². The van der Waals surface area contributed by atoms with E-state index in [4.69, 9.17) is 18.4 Å². The topological polar surface area (TPSA) is 54.0 Å². The zero-order valence-corrected chi connectivity index (χ0v) is 40.8. The molecule has 0 aliphatic carbocycles. The SMILES string of the molecule is CC(C)(C)c1ccc(S(OC(=O)c2cc(Oc3ccccc3)c(Oc3ccccc3)c(Oc3ccccc3)c2-c2ccccc2)(c2ccc(C(C)(C)C)cc2)c2ccc(C(C)(C)C)cc2)cc1. The molecule has 0 amide bonds. The number of hydrogen-bond acceptors (Lipinski definition) is 5. The van der Waals surface area contributed by atoms with Gasteiger partial charge in [-0.05, 0) is 122 Å². The van der Waals surface area contributed by atoms with Crippen molar-refractivity contribution in [3.63, 3.8) is 0 Å². The van der Waals surface area contributed by atoms with Crippen LogP contribution in [0.2, 0.25) is 0 Å². The molecule has 6 heteroatoms. The van der Waals surface area contributed by atoms with Crippen LogP contribution in [0.1, 0.15) is 89.4 Å². The Morgan fingerprint density at radius 3 is 1.07 bits per heavy atom. The Hall–Kier alpha value is -7.02. The summed E-state index contributed by atoms with van der Waals surface area (Å²) in [5.74, 6) is 1.96. The van der Waals surface area contributed by atoms with E-state index in [0.29, 0.717) is 34.3 Å². The van der Waals surface area contributed by atoms with Gasteiger partial charge in [0, 0.05) is 26.3 Å². The van der Waals surface area contributed by atoms with Crippen LogP contribution >= 0.6 is 10.3 Å². The molecule has 0 radical (unpaired) electrons. The number of carbonyl (C=O) groups is 1. The highest BCUT2D eigenvalue weighted by Gasteiger charge is 2.39. The molecule has 0 aliphatic rings. The summed E-state index contributed by atoms with van der Waals surface area (Å²) in [5.41, 5.74) is 4.67. The average molecular weight is 905 g/mol. The average Bonchev–Trinajstić information content (AvgIpc) is 3.32. The van der Waals surface area contributed by atoms with E-state index in [0.717, 1.165) is 20.2 Å². The maximum absolute atomic E-state index is 16.2. The fourth-order valence-corrected chi connectivity index (χ4v) is 10.9. The van der Waals surface area contributed by atoms with Gasteiger partial charge in [-0.2, -0.15) is 0 Å². The van der Waals surface area contributed by atoms with E-state index < -0.39 is 16.3 Å². The lowest BCUT2D eigenvalue weighted by atomic mass is 9.87. The summed E-state index contributed by atoms with van der Waals surface area (Å²) in [4.78, 5) is 18.8. The highest BCUT2D eigenvalue weighted by molar-refractivity contribution is 8.30. The van der Waals surface area contributed by atoms with Crippen LogP contribution in [-0.2, 0) is 20.4 Å². The first-order valence-electron chi connectivity index (χ1n) is 22.8. The lowest BCUT2D eigenvalue weighted by molar-refractivity contribution is 0.0757. The minimum Gasteiger partial charge on any atom is -0.453 e. The second kappa shape index (κ2) is 19.1. The Labute approximate surface area is 398 Å². The van der Waals surface area contributed by atoms with Crippen molar-refractivity contribution in [3.05, 3.63) is 222 Å². The van der Waals surface area contributed by atoms with E-state index >= 15 is 4.79 Å². The van der Waals surface area contributed by atoms with Crippen molar-refractivity contribution in [2.24, 2.45) is 0 Å². The molecule has 8 aromatic rings. The summed E-state index contributed by atoms with van der Waals surface area (Å²) >= 11 is 0. The predicted octanol–water partition coefficient (Wildman–Crippen LogP) is 17.7. The fraction of sp³-hybridized carbons (Fsp3) is 0.197. The van der Waals surface area contributed by atoms with Crippen molar-refractivity contribution in [2.45, 2.75) is 93.2 Å². The van der Waals surface area contributed by atoms with Crippen LogP contribution in [0.5, 0.6) is 34.5 Å². The van der Waals surface area contributed by atoms with Crippen molar-refractivity contribution < 1.29 is 23.2 Å². The first-order chi connectivity index (χ1) is 32.0. The first kappa shape index (κ1) is 46.5. The molecule has 67 heavy (non-hydrogen) atoms. The van der Waals surface area contributed by atoms with Gasteiger partial charge in [0.15, 0.2) is 11.5 Å². The molecular formula is C61H60O5S. The summed E-state index contributed by atoms with van der Waals surface area (Å²) < 4.78 is 28.0. The number of ether oxygens (including phenoxy) is 3. The summed E-state index contributed by atoms with van der Waals surface area (Å²) in [6.45, 7) is 19.9. The summed E-state index contributed by atoms with van der Waals surface area (Å²) in [6.07, 6.45) is 0. The van der Waals surface area contributed by atoms with Gasteiger partial charge in [0.25, 0.3) is 0 Å². The Morgan fingerprint density at radius 2 is 0.716 bits per heavy atom. The van der Waals surface area contributed by atoms with E-state index in [1.54, 1.807) is 6.07 Å². The molecule has 0 spiro atoms. The summed E-state index contributed by atoms with van der Waals surface area (Å²) in [5, 5.41) is 0. The molecule has 340 valence electrons. The Balaban J connectivity index is 1.44. The Kier molecular flexibility index (Phi) is 13.2. The van der Waals surface area contributed by atoms with Crippen molar-refractivity contribution in [3.8, 4) is 45.6 Å². The van der Waals surface area contributed by atoms with Gasteiger partial charge in [-0.3, -0.25) is 0 Å². The molecule has 0 saturated heterocycles. The molecule has 5 nitrogen and oxygen atoms in total. The second-order valence-electron chi connectivity index (χ2n) is 19.8. The largest absolute Gasteiger partial charge is 0.453 e. The van der Waals surface area contributed by atoms with Crippen LogP contribution < -0.4 is 14.2 Å². The van der Waals surface area contributed by atoms with Gasteiger partial charge >= 0.3 is 5.97 Å². The van der Waals surface area contributed by atoms with Crippen molar-refractivity contribution >= 4 is 16.3 Å². The quantitative estimate of drug-likeness (QED) is 0.122. The van der Waals surface area contributed by atoms with Crippen LogP contribution in [0, 0.1) is 0 Å². The zero-order valence-electron chi connectivity index (χ0n) is 40.0. The van der Waals surface area contributed by atoms with E-state index in [2.05, 4.69) is 135 Å². The Bertz CT molecular complexity index is 2770. The molecule has 0 fully saturated rings. The van der Waals surface area contributed by atoms with Crippen molar-refractivity contribution in [2.75, 3.05) is 0 Å². The smallest absolute Gasteiger partial charge is 0.350 e. The number of rotatable bonds is 12. The number of carbonyl (C=O) groups excluding carboxylic acids is 1. The molecule has 8 rings (SSSR count). The minimum absolute atomic E-state index is 0.103. The van der Waals surface area contributed by atoms with Crippen LogP contribution in [0.15, 0.2) is 215 Å². The van der Waals surface area contributed by atoms with Crippen LogP contribution in [0.3, 0.4) is 0 Å². The maximum atomic E-state index is 16.2. The fourth-order valence-electron chi connectivity index (χ4n) is 7.92. The first-order valence-corrected chi connectivity index (χ1v) is 24.4. The Morgan fingerprint density at radius 1 is 0.388 bits per heavy atom. The van der Waals surface area contributed by atoms with Crippen molar-refractivity contribution in [1.29, 1.82) is 0 Å². The molecule has 0 N–H and O–H groups in total. The molecule has 8 aromatic carbocycles. The highest BCUT2D eigenvalue weighted by Crippen LogP contribution is 2.70. The van der Waals surface area contributed by atoms with E-state index in [-0.39, 0.29) is 27.6 Å². The van der Waals surface area contributed by atoms with Crippen LogP contribution in [0.4, 0.5) is 0 Å². The summed E-state index contributed by atoms with van der Waals surface area (Å²) in [6, 6.07) is 65.9. The van der Waals surface area contributed by atoms with E-state index in [1.807, 2.05) is 121 Å². The molecule has 0 saturated carbocycles. The lowest BCUT2D eigenvalue weighted by Gasteiger charge is -2.41. The van der Waals surface area contributed by atoms with Gasteiger partial charge in [-0.25, -0.2) is 4.79 Å². The highest BCUT2D eigenvalue weighted by atomic mass is 32.3. The molecule has 0 unspecified atom stereocenters. The standard InChI is InChI=1S/C61H60O5S/c1-59(2,3)44-30-36-50(37-31-44)67(51-38-32-45(33-39-51)60(4,5)6,52-40-34-46(35-41-52)61(7,8)9)66-58(62)53-42-54(63-47-24-16-11-17-25-47)56(64-48-26-18-12-19-27-48)57(65-49-28-20-13-21-29-49)55(53)43-22-14-10-15-23-43/h10-42H,1-9H3. The van der Waals surface area contributed by atoms with Crippen molar-refractivity contribution in [1.82, 2.24) is 0 Å². The molecule has 0 aromatic heterocycles. The van der Waals surface area contributed by atoms with Crippen LogP contribution in [-0.4, -0.2) is 5.97 Å². The minimum atomic E-state index is -2.83. The third-order valence-electron chi connectivity index (χ3n) is 11.7. The summed E-state index contributed by atoms with van der Waals surface area (Å²) in [7, 11) is -2.83. The van der Waals surface area contributed by atoms with E-state index in [9.17, 15) is 0 Å². The normalized spacial score (nSPS) is 12.3. The zero-order chi connectivity index (χ0) is 47.4. The molecule has 0 atom stereocenters. The third kappa shape index (κ3) is 10.4. The molecule has 0 aliphatic heterocycles. The lowest BCUT2D eigenvalue weighted by Crippen LogP contribution is -2.17. The third-order valence-corrected chi connectivity index (χ3v) is 14.9. The molecule has 0 heterocycles. The van der Waals surface area contributed by atoms with Gasteiger partial charge in [0.1, 0.15) is 17.2 Å². The molecule has 0 bridgehead atoms. The number of para-hydroxylation sites is 3. The predicted molar refractivity (Wildman–Crippen MR) is 275 cm³/mol. The van der Waals surface area contributed by atoms with Crippen LogP contribution in [0.25, 0.3) is 11.1 Å². The number of benzene rings is 8. The molecular weight excluding hydrogens is 845 g/mol. The maximum Gasteiger partial charge on any atom is 0.350 e. The second-order valence-corrected chi connectivity index (χ2v) is 22.5. The number of hydrogen-bond donors (Lipinski definition) is 0. The van der Waals surface area contributed by atoms with Gasteiger partial charge < -0.3 is 18.4 Å². The van der Waals surface area contributed by atoms with Gasteiger partial charge in [0.2, 0.25) is 5.75 Å². The van der Waals surface area contributed by atoms with Gasteiger partial charge in [0.05, 0.1) is 5.56 Å². The monoisotopic (exact) mass is 904 g/mol.